The Balaban J connectivity index is 0.000000360. The Morgan fingerprint density at radius 3 is 2.43 bits per heavy atom. The summed E-state index contributed by atoms with van der Waals surface area (Å²) < 4.78 is 5.15. The van der Waals surface area contributed by atoms with Crippen LogP contribution in [-0.4, -0.2) is 31.6 Å². The summed E-state index contributed by atoms with van der Waals surface area (Å²) in [5, 5.41) is 0. The van der Waals surface area contributed by atoms with Crippen LogP contribution in [0.5, 0.6) is 0 Å². The van der Waals surface area contributed by atoms with Gasteiger partial charge in [-0.25, -0.2) is 0 Å². The molecule has 1 aliphatic heterocycles. The minimum Gasteiger partial charge on any atom is -0.379 e. The van der Waals surface area contributed by atoms with Gasteiger partial charge in [-0.15, -0.1) is 0 Å². The van der Waals surface area contributed by atoms with Crippen LogP contribution in [-0.2, 0) is 4.74 Å². The molecule has 0 amide bonds. The predicted octanol–water partition coefficient (Wildman–Crippen LogP) is 0.804. The third-order valence-electron chi connectivity index (χ3n) is 1.16. The van der Waals surface area contributed by atoms with Crippen LogP contribution < -0.4 is 0 Å². The van der Waals surface area contributed by atoms with Gasteiger partial charge < -0.3 is 4.74 Å². The second-order valence-electron chi connectivity index (χ2n) is 1.82. The van der Waals surface area contributed by atoms with E-state index in [1.165, 1.54) is 12.8 Å². The first kappa shape index (κ1) is 7.56. The van der Waals surface area contributed by atoms with Crippen LogP contribution in [0.15, 0.2) is 0 Å². The molecule has 1 atom stereocenters. The fraction of sp³-hybridized carbons (Fsp3) is 1.00. The maximum atomic E-state index is 5.15. The fourth-order valence-electron chi connectivity index (χ4n) is 0.739. The topological polar surface area (TPSA) is 9.23 Å². The monoisotopic (exact) mass is 93.1 g/mol. The zero-order chi connectivity index (χ0) is 4.41. The minimum absolute atomic E-state index is 0. The average molecular weight is 93.1 g/mol. The summed E-state index contributed by atoms with van der Waals surface area (Å²) in [6.07, 6.45) is 3.08. The Hall–Kier alpha value is 0.557. The van der Waals surface area contributed by atoms with E-state index < -0.39 is 0 Å². The SMILES string of the molecule is CC1CCCO1.[Li]. The predicted molar refractivity (Wildman–Crippen MR) is 30.4 cm³/mol. The van der Waals surface area contributed by atoms with E-state index in [0.29, 0.717) is 6.10 Å². The van der Waals surface area contributed by atoms with Gasteiger partial charge in [0.15, 0.2) is 0 Å². The quantitative estimate of drug-likeness (QED) is 0.402. The van der Waals surface area contributed by atoms with Crippen LogP contribution in [0.25, 0.3) is 0 Å². The Bertz CT molecular complexity index is 41.3. The summed E-state index contributed by atoms with van der Waals surface area (Å²) in [6, 6.07) is 0. The summed E-state index contributed by atoms with van der Waals surface area (Å²) in [5.41, 5.74) is 0. The first-order valence-corrected chi connectivity index (χ1v) is 2.51. The van der Waals surface area contributed by atoms with Crippen molar-refractivity contribution in [2.45, 2.75) is 25.9 Å². The van der Waals surface area contributed by atoms with Gasteiger partial charge in [-0.3, -0.25) is 0 Å². The van der Waals surface area contributed by atoms with E-state index in [1.807, 2.05) is 0 Å². The van der Waals surface area contributed by atoms with Crippen LogP contribution >= 0.6 is 0 Å². The molecule has 0 aromatic carbocycles. The molecule has 0 aromatic rings. The second kappa shape index (κ2) is 3.55. The largest absolute Gasteiger partial charge is 0.379 e. The summed E-state index contributed by atoms with van der Waals surface area (Å²) in [5.74, 6) is 0. The van der Waals surface area contributed by atoms with Crippen molar-refractivity contribution in [3.63, 3.8) is 0 Å². The van der Waals surface area contributed by atoms with E-state index in [-0.39, 0.29) is 18.9 Å². The zero-order valence-corrected chi connectivity index (χ0v) is 5.11. The van der Waals surface area contributed by atoms with Gasteiger partial charge in [0, 0.05) is 25.5 Å². The van der Waals surface area contributed by atoms with Crippen molar-refractivity contribution in [1.29, 1.82) is 0 Å². The molecular weight excluding hydrogens is 83.0 g/mol. The summed E-state index contributed by atoms with van der Waals surface area (Å²) in [7, 11) is 0. The molecule has 0 aliphatic carbocycles. The van der Waals surface area contributed by atoms with Crippen LogP contribution in [0.1, 0.15) is 19.8 Å². The first-order valence-electron chi connectivity index (χ1n) is 2.51. The van der Waals surface area contributed by atoms with E-state index in [0.717, 1.165) is 6.61 Å². The Labute approximate surface area is 56.6 Å². The second-order valence-corrected chi connectivity index (χ2v) is 1.82. The summed E-state index contributed by atoms with van der Waals surface area (Å²) >= 11 is 0. The van der Waals surface area contributed by atoms with Crippen LogP contribution in [0.2, 0.25) is 0 Å². The van der Waals surface area contributed by atoms with E-state index in [1.54, 1.807) is 0 Å². The van der Waals surface area contributed by atoms with Gasteiger partial charge in [0.05, 0.1) is 6.10 Å². The summed E-state index contributed by atoms with van der Waals surface area (Å²) in [4.78, 5) is 0. The molecule has 0 bridgehead atoms. The maximum absolute atomic E-state index is 5.15. The van der Waals surface area contributed by atoms with Crippen molar-refractivity contribution < 1.29 is 4.74 Å². The third-order valence-corrected chi connectivity index (χ3v) is 1.16. The van der Waals surface area contributed by atoms with Crippen LogP contribution in [0.4, 0.5) is 0 Å². The molecular formula is C5H10LiO. The van der Waals surface area contributed by atoms with Gasteiger partial charge >= 0.3 is 0 Å². The van der Waals surface area contributed by atoms with Gasteiger partial charge in [0.1, 0.15) is 0 Å². The molecule has 2 heteroatoms. The van der Waals surface area contributed by atoms with Crippen molar-refractivity contribution in [2.75, 3.05) is 6.61 Å². The molecule has 1 radical (unpaired) electrons. The number of rotatable bonds is 0. The van der Waals surface area contributed by atoms with Crippen molar-refractivity contribution in [3.05, 3.63) is 0 Å². The van der Waals surface area contributed by atoms with Gasteiger partial charge in [0.2, 0.25) is 0 Å². The Morgan fingerprint density at radius 1 is 1.57 bits per heavy atom. The molecule has 0 aromatic heterocycles. The number of ether oxygens (including phenoxy) is 1. The molecule has 0 N–H and O–H groups in total. The normalized spacial score (nSPS) is 29.6. The Morgan fingerprint density at radius 2 is 2.29 bits per heavy atom. The molecule has 1 heterocycles. The maximum Gasteiger partial charge on any atom is 0.0547 e. The first-order chi connectivity index (χ1) is 2.89. The molecule has 1 unspecified atom stereocenters. The molecule has 1 nitrogen and oxygen atoms in total. The van der Waals surface area contributed by atoms with Gasteiger partial charge in [-0.2, -0.15) is 0 Å². The van der Waals surface area contributed by atoms with Gasteiger partial charge in [-0.1, -0.05) is 0 Å². The van der Waals surface area contributed by atoms with Gasteiger partial charge in [-0.05, 0) is 19.8 Å². The Kier molecular flexibility index (Phi) is 3.83. The molecule has 0 saturated carbocycles. The van der Waals surface area contributed by atoms with Gasteiger partial charge in [0.25, 0.3) is 0 Å². The number of hydrogen-bond donors (Lipinski definition) is 0. The van der Waals surface area contributed by atoms with Crippen molar-refractivity contribution in [1.82, 2.24) is 0 Å². The molecule has 7 heavy (non-hydrogen) atoms. The third kappa shape index (κ3) is 2.38. The van der Waals surface area contributed by atoms with E-state index in [4.69, 9.17) is 4.74 Å². The van der Waals surface area contributed by atoms with Crippen molar-refractivity contribution in [3.8, 4) is 0 Å². The fourth-order valence-corrected chi connectivity index (χ4v) is 0.739. The molecule has 1 saturated heterocycles. The standard InChI is InChI=1S/C5H10O.Li/c1-5-3-2-4-6-5;/h5H,2-4H2,1H3;. The molecule has 1 aliphatic rings. The van der Waals surface area contributed by atoms with Crippen molar-refractivity contribution >= 4 is 18.9 Å². The van der Waals surface area contributed by atoms with E-state index in [2.05, 4.69) is 6.92 Å². The van der Waals surface area contributed by atoms with E-state index in [9.17, 15) is 0 Å². The molecule has 0 spiro atoms. The zero-order valence-electron chi connectivity index (χ0n) is 5.11. The molecule has 37 valence electrons. The van der Waals surface area contributed by atoms with Crippen LogP contribution in [0.3, 0.4) is 0 Å². The van der Waals surface area contributed by atoms with Crippen LogP contribution in [0, 0.1) is 0 Å². The molecule has 1 fully saturated rings. The number of hydrogen-bond acceptors (Lipinski definition) is 1. The summed E-state index contributed by atoms with van der Waals surface area (Å²) in [6.45, 7) is 3.11. The minimum atomic E-state index is 0. The smallest absolute Gasteiger partial charge is 0.0547 e. The van der Waals surface area contributed by atoms with E-state index >= 15 is 0 Å². The average Bonchev–Trinajstić information content (AvgIpc) is 1.86. The molecule has 1 rings (SSSR count). The van der Waals surface area contributed by atoms with Crippen molar-refractivity contribution in [2.24, 2.45) is 0 Å².